The molecule has 0 radical (unpaired) electrons. The third kappa shape index (κ3) is 5.77. The Morgan fingerprint density at radius 3 is 2.00 bits per heavy atom. The van der Waals surface area contributed by atoms with Crippen LogP contribution in [0.1, 0.15) is 25.5 Å². The van der Waals surface area contributed by atoms with Gasteiger partial charge in [0.15, 0.2) is 0 Å². The van der Waals surface area contributed by atoms with Gasteiger partial charge in [-0.15, -0.1) is 23.8 Å². The van der Waals surface area contributed by atoms with E-state index in [2.05, 4.69) is 74.5 Å². The first-order valence-corrected chi connectivity index (χ1v) is 7.67. The second-order valence-corrected chi connectivity index (χ2v) is 5.89. The molecule has 0 amide bonds. The molecule has 0 bridgehead atoms. The van der Waals surface area contributed by atoms with Crippen molar-refractivity contribution in [1.29, 1.82) is 0 Å². The number of hydrogen-bond donors (Lipinski definition) is 0. The number of thioether (sulfide) groups is 1. The average molecular weight is 277 g/mol. The largest absolute Gasteiger partial charge is 1.00 e. The van der Waals surface area contributed by atoms with Crippen LogP contribution >= 0.6 is 11.8 Å². The summed E-state index contributed by atoms with van der Waals surface area (Å²) in [5.41, 5.74) is 1.31. The van der Waals surface area contributed by atoms with Gasteiger partial charge in [-0.2, -0.15) is 0 Å². The van der Waals surface area contributed by atoms with E-state index < -0.39 is 0 Å². The summed E-state index contributed by atoms with van der Waals surface area (Å²) in [6.45, 7) is 4.28. The zero-order valence-electron chi connectivity index (χ0n) is 12.5. The first-order valence-electron chi connectivity index (χ1n) is 6.68. The Balaban J connectivity index is 0.00000200. The van der Waals surface area contributed by atoms with Gasteiger partial charge in [0.1, 0.15) is 0 Å². The Morgan fingerprint density at radius 2 is 1.45 bits per heavy atom. The van der Waals surface area contributed by atoms with E-state index in [4.69, 9.17) is 5.32 Å². The minimum Gasteiger partial charge on any atom is -0.653 e. The molecule has 2 rings (SSSR count). The standard InChI is InChI=1S/C17H20NS.Li/c1-14(2)18-17(15-9-5-3-6-10-15)13-19-16-11-7-4-8-12-16;/h3-12,14,17H,13H2,1-2H3;/q-1;+1/t17-;/m0./s1. The van der Waals surface area contributed by atoms with Crippen LogP contribution in [0.15, 0.2) is 65.6 Å². The third-order valence-electron chi connectivity index (χ3n) is 2.81. The van der Waals surface area contributed by atoms with Crippen LogP contribution in [0.5, 0.6) is 0 Å². The zero-order valence-corrected chi connectivity index (χ0v) is 13.3. The maximum Gasteiger partial charge on any atom is 1.00 e. The van der Waals surface area contributed by atoms with Crippen LogP contribution < -0.4 is 18.9 Å². The maximum atomic E-state index is 4.84. The van der Waals surface area contributed by atoms with Crippen molar-refractivity contribution in [2.45, 2.75) is 30.8 Å². The first-order chi connectivity index (χ1) is 9.25. The van der Waals surface area contributed by atoms with Crippen molar-refractivity contribution in [3.63, 3.8) is 0 Å². The summed E-state index contributed by atoms with van der Waals surface area (Å²) in [5, 5.41) is 4.84. The van der Waals surface area contributed by atoms with E-state index in [-0.39, 0.29) is 24.9 Å². The van der Waals surface area contributed by atoms with Gasteiger partial charge in [0, 0.05) is 4.90 Å². The van der Waals surface area contributed by atoms with Gasteiger partial charge in [-0.1, -0.05) is 67.9 Å². The molecule has 0 fully saturated rings. The third-order valence-corrected chi connectivity index (χ3v) is 3.90. The summed E-state index contributed by atoms with van der Waals surface area (Å²) in [6.07, 6.45) is 0. The SMILES string of the molecule is CC(C)[N-][C@@H](CSc1ccccc1)c1ccccc1.[Li+]. The van der Waals surface area contributed by atoms with E-state index in [1.165, 1.54) is 10.5 Å². The van der Waals surface area contributed by atoms with Crippen LogP contribution in [0.3, 0.4) is 0 Å². The molecule has 2 aromatic carbocycles. The minimum atomic E-state index is 0. The van der Waals surface area contributed by atoms with Crippen LogP contribution in [0, 0.1) is 0 Å². The molecule has 0 aliphatic carbocycles. The van der Waals surface area contributed by atoms with Gasteiger partial charge >= 0.3 is 18.9 Å². The Bertz CT molecular complexity index is 473. The molecule has 0 aliphatic heterocycles. The average Bonchev–Trinajstić information content (AvgIpc) is 2.45. The molecule has 20 heavy (non-hydrogen) atoms. The second-order valence-electron chi connectivity index (χ2n) is 4.79. The fraction of sp³-hybridized carbons (Fsp3) is 0.294. The number of benzene rings is 2. The van der Waals surface area contributed by atoms with Gasteiger partial charge in [-0.25, -0.2) is 0 Å². The molecule has 0 unspecified atom stereocenters. The van der Waals surface area contributed by atoms with Crippen LogP contribution in [0.25, 0.3) is 5.32 Å². The summed E-state index contributed by atoms with van der Waals surface area (Å²) < 4.78 is 0. The van der Waals surface area contributed by atoms with E-state index in [9.17, 15) is 0 Å². The molecule has 1 atom stereocenters. The molecule has 100 valence electrons. The van der Waals surface area contributed by atoms with Crippen molar-refractivity contribution in [2.75, 3.05) is 5.75 Å². The predicted molar refractivity (Wildman–Crippen MR) is 84.8 cm³/mol. The molecule has 3 heteroatoms. The smallest absolute Gasteiger partial charge is 0.653 e. The van der Waals surface area contributed by atoms with E-state index in [1.54, 1.807) is 0 Å². The topological polar surface area (TPSA) is 14.1 Å². The number of hydrogen-bond acceptors (Lipinski definition) is 1. The molecular formula is C17H20LiNS. The molecule has 0 saturated heterocycles. The van der Waals surface area contributed by atoms with Crippen LogP contribution in [0.2, 0.25) is 0 Å². The molecule has 2 aromatic rings. The quantitative estimate of drug-likeness (QED) is 0.584. The normalized spacial score (nSPS) is 11.9. The van der Waals surface area contributed by atoms with Crippen molar-refractivity contribution >= 4 is 11.8 Å². The number of rotatable bonds is 6. The van der Waals surface area contributed by atoms with Gasteiger partial charge in [-0.3, -0.25) is 0 Å². The van der Waals surface area contributed by atoms with E-state index in [1.807, 2.05) is 11.8 Å². The molecule has 0 N–H and O–H groups in total. The first kappa shape index (κ1) is 17.4. The van der Waals surface area contributed by atoms with E-state index in [0.717, 1.165) is 5.75 Å². The summed E-state index contributed by atoms with van der Waals surface area (Å²) in [5.74, 6) is 0.992. The van der Waals surface area contributed by atoms with Gasteiger partial charge < -0.3 is 5.32 Å². The Morgan fingerprint density at radius 1 is 0.900 bits per heavy atom. The second kappa shape index (κ2) is 9.31. The Labute approximate surface area is 138 Å². The molecule has 0 spiro atoms. The van der Waals surface area contributed by atoms with Crippen molar-refractivity contribution < 1.29 is 18.9 Å². The van der Waals surface area contributed by atoms with Crippen molar-refractivity contribution in [3.8, 4) is 0 Å². The van der Waals surface area contributed by atoms with Crippen LogP contribution in [0.4, 0.5) is 0 Å². The fourth-order valence-electron chi connectivity index (χ4n) is 1.95. The fourth-order valence-corrected chi connectivity index (χ4v) is 2.93. The Hall–Kier alpha value is -0.653. The van der Waals surface area contributed by atoms with E-state index in [0.29, 0.717) is 6.04 Å². The molecular weight excluding hydrogens is 257 g/mol. The molecule has 0 aliphatic rings. The van der Waals surface area contributed by atoms with Gasteiger partial charge in [0.05, 0.1) is 0 Å². The monoisotopic (exact) mass is 277 g/mol. The van der Waals surface area contributed by atoms with Gasteiger partial charge in [0.25, 0.3) is 0 Å². The van der Waals surface area contributed by atoms with Crippen LogP contribution in [-0.2, 0) is 0 Å². The summed E-state index contributed by atoms with van der Waals surface area (Å²) in [4.78, 5) is 1.31. The summed E-state index contributed by atoms with van der Waals surface area (Å²) in [6, 6.07) is 21.7. The van der Waals surface area contributed by atoms with E-state index >= 15 is 0 Å². The van der Waals surface area contributed by atoms with Crippen molar-refractivity contribution in [3.05, 3.63) is 71.5 Å². The van der Waals surface area contributed by atoms with Crippen LogP contribution in [-0.4, -0.2) is 11.8 Å². The minimum absolute atomic E-state index is 0. The number of nitrogens with zero attached hydrogens (tertiary/aromatic N) is 1. The Kier molecular flexibility index (Phi) is 8.10. The summed E-state index contributed by atoms with van der Waals surface area (Å²) >= 11 is 1.87. The molecule has 0 saturated carbocycles. The van der Waals surface area contributed by atoms with Gasteiger partial charge in [-0.05, 0) is 17.9 Å². The molecule has 0 heterocycles. The van der Waals surface area contributed by atoms with Crippen molar-refractivity contribution in [2.24, 2.45) is 0 Å². The maximum absolute atomic E-state index is 4.84. The molecule has 1 nitrogen and oxygen atoms in total. The van der Waals surface area contributed by atoms with Crippen molar-refractivity contribution in [1.82, 2.24) is 0 Å². The zero-order chi connectivity index (χ0) is 13.5. The van der Waals surface area contributed by atoms with Gasteiger partial charge in [0.2, 0.25) is 0 Å². The molecule has 0 aromatic heterocycles. The summed E-state index contributed by atoms with van der Waals surface area (Å²) in [7, 11) is 0. The predicted octanol–water partition coefficient (Wildman–Crippen LogP) is 2.31.